The maximum atomic E-state index is 5.46. The molecule has 0 spiro atoms. The van der Waals surface area contributed by atoms with Crippen LogP contribution in [0, 0.1) is 5.92 Å². The van der Waals surface area contributed by atoms with E-state index in [1.807, 2.05) is 6.07 Å². The standard InChI is InChI=1S/C16H22N2O2/c1-3-12(13-5-2-8-17-13)14(4-1)18-11-6-7-15-16(9-11)20-10-19-15/h6-7,9,12-14,17-18H,1-5,8,10H2. The Hall–Kier alpha value is -1.42. The van der Waals surface area contributed by atoms with Gasteiger partial charge in [0.25, 0.3) is 0 Å². The minimum Gasteiger partial charge on any atom is -0.454 e. The summed E-state index contributed by atoms with van der Waals surface area (Å²) in [6.07, 6.45) is 6.63. The Balaban J connectivity index is 1.47. The molecule has 1 saturated heterocycles. The fourth-order valence-corrected chi connectivity index (χ4v) is 3.93. The second-order valence-corrected chi connectivity index (χ2v) is 6.12. The average molecular weight is 274 g/mol. The lowest BCUT2D eigenvalue weighted by molar-refractivity contribution is 0.174. The van der Waals surface area contributed by atoms with Crippen molar-refractivity contribution in [1.29, 1.82) is 0 Å². The summed E-state index contributed by atoms with van der Waals surface area (Å²) in [4.78, 5) is 0. The van der Waals surface area contributed by atoms with Crippen molar-refractivity contribution in [3.63, 3.8) is 0 Å². The molecular formula is C16H22N2O2. The maximum Gasteiger partial charge on any atom is 0.231 e. The first-order valence-electron chi connectivity index (χ1n) is 7.80. The van der Waals surface area contributed by atoms with E-state index in [9.17, 15) is 0 Å². The first-order chi connectivity index (χ1) is 9.90. The Morgan fingerprint density at radius 1 is 1.05 bits per heavy atom. The van der Waals surface area contributed by atoms with Crippen molar-refractivity contribution in [3.05, 3.63) is 18.2 Å². The van der Waals surface area contributed by atoms with Gasteiger partial charge in [0.15, 0.2) is 11.5 Å². The summed E-state index contributed by atoms with van der Waals surface area (Å²) in [5.41, 5.74) is 1.16. The van der Waals surface area contributed by atoms with Crippen LogP contribution in [0.15, 0.2) is 18.2 Å². The molecule has 0 aromatic heterocycles. The number of rotatable bonds is 3. The highest BCUT2D eigenvalue weighted by Gasteiger charge is 2.35. The van der Waals surface area contributed by atoms with Crippen molar-refractivity contribution in [2.45, 2.75) is 44.2 Å². The van der Waals surface area contributed by atoms with Crippen LogP contribution in [0.2, 0.25) is 0 Å². The largest absolute Gasteiger partial charge is 0.454 e. The minimum absolute atomic E-state index is 0.344. The van der Waals surface area contributed by atoms with Gasteiger partial charge < -0.3 is 20.1 Å². The molecule has 1 aromatic carbocycles. The number of anilines is 1. The Bertz CT molecular complexity index is 485. The first kappa shape index (κ1) is 12.3. The second kappa shape index (κ2) is 5.17. The van der Waals surface area contributed by atoms with Gasteiger partial charge in [0.2, 0.25) is 6.79 Å². The normalized spacial score (nSPS) is 31.7. The first-order valence-corrected chi connectivity index (χ1v) is 7.80. The molecule has 1 aliphatic carbocycles. The fraction of sp³-hybridized carbons (Fsp3) is 0.625. The monoisotopic (exact) mass is 274 g/mol. The predicted molar refractivity (Wildman–Crippen MR) is 78.3 cm³/mol. The molecule has 0 amide bonds. The van der Waals surface area contributed by atoms with Crippen LogP contribution in [0.5, 0.6) is 11.5 Å². The van der Waals surface area contributed by atoms with E-state index in [-0.39, 0.29) is 0 Å². The third-order valence-corrected chi connectivity index (χ3v) is 4.91. The van der Waals surface area contributed by atoms with Gasteiger partial charge in [0.05, 0.1) is 0 Å². The highest BCUT2D eigenvalue weighted by atomic mass is 16.7. The van der Waals surface area contributed by atoms with E-state index in [0.29, 0.717) is 18.9 Å². The Morgan fingerprint density at radius 3 is 2.90 bits per heavy atom. The van der Waals surface area contributed by atoms with Crippen molar-refractivity contribution < 1.29 is 9.47 Å². The van der Waals surface area contributed by atoms with Gasteiger partial charge in [-0.15, -0.1) is 0 Å². The smallest absolute Gasteiger partial charge is 0.231 e. The lowest BCUT2D eigenvalue weighted by Gasteiger charge is -2.27. The summed E-state index contributed by atoms with van der Waals surface area (Å²) in [7, 11) is 0. The molecule has 4 rings (SSSR count). The van der Waals surface area contributed by atoms with E-state index >= 15 is 0 Å². The van der Waals surface area contributed by atoms with Crippen LogP contribution < -0.4 is 20.1 Å². The van der Waals surface area contributed by atoms with Crippen molar-refractivity contribution in [1.82, 2.24) is 5.32 Å². The van der Waals surface area contributed by atoms with Crippen molar-refractivity contribution in [2.75, 3.05) is 18.7 Å². The minimum atomic E-state index is 0.344. The molecule has 2 fully saturated rings. The van der Waals surface area contributed by atoms with Gasteiger partial charge in [-0.2, -0.15) is 0 Å². The zero-order valence-electron chi connectivity index (χ0n) is 11.7. The summed E-state index contributed by atoms with van der Waals surface area (Å²) in [5, 5.41) is 7.39. The van der Waals surface area contributed by atoms with Crippen LogP contribution in [-0.2, 0) is 0 Å². The van der Waals surface area contributed by atoms with Crippen LogP contribution in [0.3, 0.4) is 0 Å². The van der Waals surface area contributed by atoms with Gasteiger partial charge in [0.1, 0.15) is 0 Å². The van der Waals surface area contributed by atoms with Crippen molar-refractivity contribution >= 4 is 5.69 Å². The molecule has 1 saturated carbocycles. The molecule has 3 unspecified atom stereocenters. The Morgan fingerprint density at radius 2 is 2.00 bits per heavy atom. The SMILES string of the molecule is c1cc2c(cc1NC1CCCC1C1CCCN1)OCO2. The molecule has 3 aliphatic rings. The molecule has 4 heteroatoms. The van der Waals surface area contributed by atoms with Gasteiger partial charge in [-0.25, -0.2) is 0 Å². The highest BCUT2D eigenvalue weighted by molar-refractivity contribution is 5.56. The quantitative estimate of drug-likeness (QED) is 0.889. The number of benzene rings is 1. The molecule has 2 aliphatic heterocycles. The van der Waals surface area contributed by atoms with E-state index in [4.69, 9.17) is 9.47 Å². The molecule has 1 aromatic rings. The van der Waals surface area contributed by atoms with Crippen molar-refractivity contribution in [2.24, 2.45) is 5.92 Å². The van der Waals surface area contributed by atoms with E-state index < -0.39 is 0 Å². The van der Waals surface area contributed by atoms with Crippen LogP contribution in [0.4, 0.5) is 5.69 Å². The highest BCUT2D eigenvalue weighted by Crippen LogP contribution is 2.37. The number of ether oxygens (including phenoxy) is 2. The third kappa shape index (κ3) is 2.22. The summed E-state index contributed by atoms with van der Waals surface area (Å²) in [6.45, 7) is 1.54. The molecule has 3 atom stereocenters. The molecular weight excluding hydrogens is 252 g/mol. The third-order valence-electron chi connectivity index (χ3n) is 4.91. The number of hydrogen-bond acceptors (Lipinski definition) is 4. The Kier molecular flexibility index (Phi) is 3.19. The molecule has 108 valence electrons. The zero-order valence-corrected chi connectivity index (χ0v) is 11.7. The fourth-order valence-electron chi connectivity index (χ4n) is 3.93. The molecule has 2 heterocycles. The van der Waals surface area contributed by atoms with E-state index in [1.165, 1.54) is 38.6 Å². The van der Waals surface area contributed by atoms with E-state index in [2.05, 4.69) is 22.8 Å². The van der Waals surface area contributed by atoms with Gasteiger partial charge in [-0.05, 0) is 50.3 Å². The molecule has 4 nitrogen and oxygen atoms in total. The summed E-state index contributed by atoms with van der Waals surface area (Å²) >= 11 is 0. The summed E-state index contributed by atoms with van der Waals surface area (Å²) in [6, 6.07) is 7.47. The van der Waals surface area contributed by atoms with E-state index in [1.54, 1.807) is 0 Å². The average Bonchev–Trinajstić information content (AvgIpc) is 3.19. The van der Waals surface area contributed by atoms with Crippen LogP contribution in [0.1, 0.15) is 32.1 Å². The maximum absolute atomic E-state index is 5.46. The predicted octanol–water partition coefficient (Wildman–Crippen LogP) is 2.75. The van der Waals surface area contributed by atoms with Crippen molar-refractivity contribution in [3.8, 4) is 11.5 Å². The van der Waals surface area contributed by atoms with Gasteiger partial charge >= 0.3 is 0 Å². The van der Waals surface area contributed by atoms with E-state index in [0.717, 1.165) is 23.1 Å². The number of hydrogen-bond donors (Lipinski definition) is 2. The number of nitrogens with one attached hydrogen (secondary N) is 2. The molecule has 2 N–H and O–H groups in total. The summed E-state index contributed by atoms with van der Waals surface area (Å²) < 4.78 is 10.8. The lowest BCUT2D eigenvalue weighted by atomic mass is 9.93. The topological polar surface area (TPSA) is 42.5 Å². The van der Waals surface area contributed by atoms with Gasteiger partial charge in [0, 0.05) is 23.8 Å². The van der Waals surface area contributed by atoms with Gasteiger partial charge in [-0.3, -0.25) is 0 Å². The summed E-state index contributed by atoms with van der Waals surface area (Å²) in [5.74, 6) is 2.49. The molecule has 20 heavy (non-hydrogen) atoms. The van der Waals surface area contributed by atoms with Gasteiger partial charge in [-0.1, -0.05) is 6.42 Å². The molecule has 0 radical (unpaired) electrons. The number of fused-ring (bicyclic) bond motifs is 1. The van der Waals surface area contributed by atoms with Crippen LogP contribution >= 0.6 is 0 Å². The second-order valence-electron chi connectivity index (χ2n) is 6.12. The zero-order chi connectivity index (χ0) is 13.4. The Labute approximate surface area is 119 Å². The lowest BCUT2D eigenvalue weighted by Crippen LogP contribution is -2.38. The van der Waals surface area contributed by atoms with Crippen LogP contribution in [-0.4, -0.2) is 25.4 Å². The van der Waals surface area contributed by atoms with Crippen LogP contribution in [0.25, 0.3) is 0 Å². The molecule has 0 bridgehead atoms.